The van der Waals surface area contributed by atoms with Crippen LogP contribution in [0.2, 0.25) is 0 Å². The van der Waals surface area contributed by atoms with Crippen LogP contribution in [0.1, 0.15) is 46.0 Å². The summed E-state index contributed by atoms with van der Waals surface area (Å²) in [4.78, 5) is 14.8. The average Bonchev–Trinajstić information content (AvgIpc) is 2.33. The molecule has 2 rings (SSSR count). The zero-order chi connectivity index (χ0) is 14.0. The van der Waals surface area contributed by atoms with Crippen molar-refractivity contribution in [3.05, 3.63) is 0 Å². The molecule has 1 aliphatic carbocycles. The second-order valence-corrected chi connectivity index (χ2v) is 6.72. The number of carbonyl (C=O) groups is 1. The predicted octanol–water partition coefficient (Wildman–Crippen LogP) is 1.35. The summed E-state index contributed by atoms with van der Waals surface area (Å²) >= 11 is 0. The van der Waals surface area contributed by atoms with Gasteiger partial charge in [0.05, 0.1) is 0 Å². The third-order valence-corrected chi connectivity index (χ3v) is 5.10. The topological polar surface area (TPSA) is 58.4 Å². The van der Waals surface area contributed by atoms with Crippen LogP contribution in [-0.4, -0.2) is 42.5 Å². The number of carbonyl (C=O) groups excluding carboxylic acids is 1. The van der Waals surface area contributed by atoms with Crippen LogP contribution in [0.5, 0.6) is 0 Å². The number of piperidine rings is 1. The fraction of sp³-hybridized carbons (Fsp3) is 0.933. The zero-order valence-electron chi connectivity index (χ0n) is 12.6. The van der Waals surface area contributed by atoms with E-state index in [-0.39, 0.29) is 11.8 Å². The summed E-state index contributed by atoms with van der Waals surface area (Å²) in [7, 11) is 2.16. The van der Waals surface area contributed by atoms with Crippen molar-refractivity contribution in [2.24, 2.45) is 17.6 Å². The Hall–Kier alpha value is -0.610. The highest BCUT2D eigenvalue weighted by atomic mass is 16.2. The number of hydrogen-bond donors (Lipinski definition) is 2. The van der Waals surface area contributed by atoms with Crippen molar-refractivity contribution in [3.63, 3.8) is 0 Å². The second kappa shape index (κ2) is 6.23. The van der Waals surface area contributed by atoms with Crippen LogP contribution in [-0.2, 0) is 4.79 Å². The molecule has 0 aromatic carbocycles. The number of amides is 1. The van der Waals surface area contributed by atoms with Gasteiger partial charge in [-0.05, 0) is 52.0 Å². The molecule has 2 aliphatic rings. The molecule has 2 fully saturated rings. The smallest absolute Gasteiger partial charge is 0.223 e. The van der Waals surface area contributed by atoms with Crippen molar-refractivity contribution < 1.29 is 4.79 Å². The zero-order valence-corrected chi connectivity index (χ0v) is 12.6. The van der Waals surface area contributed by atoms with Crippen LogP contribution in [0.15, 0.2) is 0 Å². The summed E-state index contributed by atoms with van der Waals surface area (Å²) in [6.45, 7) is 5.48. The Morgan fingerprint density at radius 1 is 1.21 bits per heavy atom. The number of likely N-dealkylation sites (tertiary alicyclic amines) is 1. The summed E-state index contributed by atoms with van der Waals surface area (Å²) in [5, 5.41) is 3.28. The Morgan fingerprint density at radius 2 is 1.95 bits per heavy atom. The van der Waals surface area contributed by atoms with E-state index < -0.39 is 0 Å². The molecule has 4 heteroatoms. The molecule has 1 amide bonds. The standard InChI is InChI=1S/C15H29N3O/c1-10-8-12(16)4-5-14(10)15(19)17-13-6-7-18(3)11(2)9-13/h10-14H,4-9,16H2,1-3H3,(H,17,19). The average molecular weight is 267 g/mol. The number of nitrogens with two attached hydrogens (primary N) is 1. The van der Waals surface area contributed by atoms with E-state index in [1.54, 1.807) is 0 Å². The molecule has 0 bridgehead atoms. The fourth-order valence-corrected chi connectivity index (χ4v) is 3.56. The molecule has 5 atom stereocenters. The van der Waals surface area contributed by atoms with E-state index in [9.17, 15) is 4.79 Å². The van der Waals surface area contributed by atoms with E-state index in [2.05, 4.69) is 31.1 Å². The molecule has 0 aromatic rings. The van der Waals surface area contributed by atoms with Crippen molar-refractivity contribution >= 4 is 5.91 Å². The lowest BCUT2D eigenvalue weighted by molar-refractivity contribution is -0.128. The number of hydrogen-bond acceptors (Lipinski definition) is 3. The van der Waals surface area contributed by atoms with Crippen LogP contribution < -0.4 is 11.1 Å². The molecular weight excluding hydrogens is 238 g/mol. The highest BCUT2D eigenvalue weighted by Gasteiger charge is 2.33. The van der Waals surface area contributed by atoms with Crippen molar-refractivity contribution in [2.75, 3.05) is 13.6 Å². The van der Waals surface area contributed by atoms with Gasteiger partial charge in [-0.15, -0.1) is 0 Å². The minimum absolute atomic E-state index is 0.176. The summed E-state index contributed by atoms with van der Waals surface area (Å²) in [5.74, 6) is 0.864. The first-order valence-corrected chi connectivity index (χ1v) is 7.73. The summed E-state index contributed by atoms with van der Waals surface area (Å²) < 4.78 is 0. The maximum absolute atomic E-state index is 12.4. The van der Waals surface area contributed by atoms with E-state index in [0.717, 1.165) is 38.6 Å². The third kappa shape index (κ3) is 3.69. The summed E-state index contributed by atoms with van der Waals surface area (Å²) in [6.07, 6.45) is 5.08. The van der Waals surface area contributed by atoms with Crippen LogP contribution >= 0.6 is 0 Å². The van der Waals surface area contributed by atoms with Gasteiger partial charge in [0.1, 0.15) is 0 Å². The predicted molar refractivity (Wildman–Crippen MR) is 77.7 cm³/mol. The lowest BCUT2D eigenvalue weighted by Crippen LogP contribution is -2.50. The Morgan fingerprint density at radius 3 is 2.58 bits per heavy atom. The SMILES string of the molecule is CC1CC(N)CCC1C(=O)NC1CCN(C)C(C)C1. The van der Waals surface area contributed by atoms with Gasteiger partial charge in [-0.1, -0.05) is 6.92 Å². The molecule has 19 heavy (non-hydrogen) atoms. The molecule has 5 unspecified atom stereocenters. The molecule has 110 valence electrons. The number of rotatable bonds is 2. The summed E-state index contributed by atoms with van der Waals surface area (Å²) in [5.41, 5.74) is 5.97. The first-order valence-electron chi connectivity index (χ1n) is 7.73. The Kier molecular flexibility index (Phi) is 4.85. The van der Waals surface area contributed by atoms with Crippen molar-refractivity contribution in [2.45, 2.75) is 64.1 Å². The normalized spacial score (nSPS) is 40.9. The third-order valence-electron chi connectivity index (χ3n) is 5.10. The van der Waals surface area contributed by atoms with Gasteiger partial charge in [0, 0.05) is 30.6 Å². The summed E-state index contributed by atoms with van der Waals surface area (Å²) in [6, 6.07) is 1.22. The maximum atomic E-state index is 12.4. The molecule has 3 N–H and O–H groups in total. The number of nitrogens with zero attached hydrogens (tertiary/aromatic N) is 1. The molecule has 1 aliphatic heterocycles. The van der Waals surface area contributed by atoms with E-state index in [4.69, 9.17) is 5.73 Å². The molecular formula is C15H29N3O. The van der Waals surface area contributed by atoms with Gasteiger partial charge >= 0.3 is 0 Å². The van der Waals surface area contributed by atoms with Gasteiger partial charge in [0.2, 0.25) is 5.91 Å². The number of nitrogens with one attached hydrogen (secondary N) is 1. The van der Waals surface area contributed by atoms with Crippen LogP contribution in [0.3, 0.4) is 0 Å². The highest BCUT2D eigenvalue weighted by molar-refractivity contribution is 5.79. The lowest BCUT2D eigenvalue weighted by atomic mass is 9.77. The first-order chi connectivity index (χ1) is 8.97. The quantitative estimate of drug-likeness (QED) is 0.794. The monoisotopic (exact) mass is 267 g/mol. The Balaban J connectivity index is 1.84. The molecule has 1 heterocycles. The van der Waals surface area contributed by atoms with E-state index in [1.165, 1.54) is 0 Å². The molecule has 0 spiro atoms. The first kappa shape index (κ1) is 14.8. The minimum Gasteiger partial charge on any atom is -0.353 e. The van der Waals surface area contributed by atoms with Gasteiger partial charge < -0.3 is 16.0 Å². The Labute approximate surface area is 117 Å². The van der Waals surface area contributed by atoms with Crippen molar-refractivity contribution in [3.8, 4) is 0 Å². The van der Waals surface area contributed by atoms with Gasteiger partial charge in [0.25, 0.3) is 0 Å². The molecule has 0 radical (unpaired) electrons. The van der Waals surface area contributed by atoms with Crippen LogP contribution in [0, 0.1) is 11.8 Å². The van der Waals surface area contributed by atoms with Gasteiger partial charge in [-0.3, -0.25) is 4.79 Å². The van der Waals surface area contributed by atoms with Crippen LogP contribution in [0.4, 0.5) is 0 Å². The van der Waals surface area contributed by atoms with Gasteiger partial charge in [-0.2, -0.15) is 0 Å². The van der Waals surface area contributed by atoms with E-state index in [1.807, 2.05) is 0 Å². The molecule has 4 nitrogen and oxygen atoms in total. The van der Waals surface area contributed by atoms with Gasteiger partial charge in [-0.25, -0.2) is 0 Å². The van der Waals surface area contributed by atoms with Crippen LogP contribution in [0.25, 0.3) is 0 Å². The van der Waals surface area contributed by atoms with E-state index >= 15 is 0 Å². The lowest BCUT2D eigenvalue weighted by Gasteiger charge is -2.37. The fourth-order valence-electron chi connectivity index (χ4n) is 3.56. The van der Waals surface area contributed by atoms with Gasteiger partial charge in [0.15, 0.2) is 0 Å². The minimum atomic E-state index is 0.176. The molecule has 0 aromatic heterocycles. The Bertz CT molecular complexity index is 321. The molecule has 1 saturated carbocycles. The van der Waals surface area contributed by atoms with Crippen molar-refractivity contribution in [1.29, 1.82) is 0 Å². The second-order valence-electron chi connectivity index (χ2n) is 6.72. The van der Waals surface area contributed by atoms with E-state index in [0.29, 0.717) is 24.0 Å². The molecule has 1 saturated heterocycles. The van der Waals surface area contributed by atoms with Crippen molar-refractivity contribution in [1.82, 2.24) is 10.2 Å². The maximum Gasteiger partial charge on any atom is 0.223 e. The largest absolute Gasteiger partial charge is 0.353 e. The highest BCUT2D eigenvalue weighted by Crippen LogP contribution is 2.29.